The van der Waals surface area contributed by atoms with Crippen LogP contribution in [-0.2, 0) is 11.3 Å². The first-order valence-corrected chi connectivity index (χ1v) is 9.55. The summed E-state index contributed by atoms with van der Waals surface area (Å²) in [6.07, 6.45) is 2.83. The second kappa shape index (κ2) is 8.49. The van der Waals surface area contributed by atoms with Crippen molar-refractivity contribution in [2.75, 3.05) is 49.6 Å². The van der Waals surface area contributed by atoms with Crippen molar-refractivity contribution in [2.24, 2.45) is 0 Å². The van der Waals surface area contributed by atoms with E-state index in [1.54, 1.807) is 18.3 Å². The Morgan fingerprint density at radius 1 is 1.18 bits per heavy atom. The van der Waals surface area contributed by atoms with Crippen LogP contribution in [0.25, 0.3) is 0 Å². The number of aromatic nitrogens is 2. The number of nitrogens with one attached hydrogen (secondary N) is 1. The maximum Gasteiger partial charge on any atom is 0.269 e. The zero-order valence-electron chi connectivity index (χ0n) is 15.7. The highest BCUT2D eigenvalue weighted by atomic mass is 16.6. The molecule has 0 saturated carbocycles. The number of hydrogen-bond acceptors (Lipinski definition) is 8. The Morgan fingerprint density at radius 2 is 1.96 bits per heavy atom. The molecule has 0 bridgehead atoms. The first-order chi connectivity index (χ1) is 13.7. The summed E-state index contributed by atoms with van der Waals surface area (Å²) >= 11 is 0. The van der Waals surface area contributed by atoms with Gasteiger partial charge in [-0.25, -0.2) is 4.98 Å². The standard InChI is InChI=1S/C19H24N6O3/c26-25(27)17-3-1-15(2-4-17)13-23-8-6-16(14-23)21-18-5-7-20-19(22-18)24-9-11-28-12-10-24/h1-5,7,16H,6,8-14H2,(H,20,21,22). The molecule has 4 rings (SSSR count). The van der Waals surface area contributed by atoms with Crippen LogP contribution in [-0.4, -0.2) is 65.2 Å². The van der Waals surface area contributed by atoms with Crippen LogP contribution in [0.4, 0.5) is 17.5 Å². The van der Waals surface area contributed by atoms with Gasteiger partial charge in [-0.05, 0) is 18.1 Å². The lowest BCUT2D eigenvalue weighted by Gasteiger charge is -2.27. The maximum absolute atomic E-state index is 10.8. The van der Waals surface area contributed by atoms with Gasteiger partial charge >= 0.3 is 0 Å². The predicted molar refractivity (Wildman–Crippen MR) is 105 cm³/mol. The molecule has 2 aliphatic heterocycles. The Morgan fingerprint density at radius 3 is 2.71 bits per heavy atom. The molecule has 2 aliphatic rings. The number of non-ortho nitro benzene ring substituents is 1. The third-order valence-electron chi connectivity index (χ3n) is 5.11. The van der Waals surface area contributed by atoms with E-state index in [-0.39, 0.29) is 10.6 Å². The second-order valence-corrected chi connectivity index (χ2v) is 7.13. The molecule has 0 spiro atoms. The van der Waals surface area contributed by atoms with Gasteiger partial charge in [0.05, 0.1) is 18.1 Å². The zero-order valence-corrected chi connectivity index (χ0v) is 15.7. The minimum absolute atomic E-state index is 0.129. The van der Waals surface area contributed by atoms with Gasteiger partial charge in [-0.3, -0.25) is 15.0 Å². The molecule has 1 aromatic heterocycles. The highest BCUT2D eigenvalue weighted by Gasteiger charge is 2.23. The SMILES string of the molecule is O=[N+]([O-])c1ccc(CN2CCC(Nc3ccnc(N4CCOCC4)n3)C2)cc1. The van der Waals surface area contributed by atoms with E-state index in [0.29, 0.717) is 19.3 Å². The van der Waals surface area contributed by atoms with Crippen molar-refractivity contribution in [2.45, 2.75) is 19.0 Å². The van der Waals surface area contributed by atoms with Crippen LogP contribution in [0.5, 0.6) is 0 Å². The first kappa shape index (κ1) is 18.6. The van der Waals surface area contributed by atoms with Crippen molar-refractivity contribution >= 4 is 17.5 Å². The lowest BCUT2D eigenvalue weighted by molar-refractivity contribution is -0.384. The van der Waals surface area contributed by atoms with Gasteiger partial charge in [-0.2, -0.15) is 4.98 Å². The number of hydrogen-bond donors (Lipinski definition) is 1. The molecule has 0 amide bonds. The molecule has 28 heavy (non-hydrogen) atoms. The number of likely N-dealkylation sites (tertiary alicyclic amines) is 1. The van der Waals surface area contributed by atoms with Crippen LogP contribution in [0.3, 0.4) is 0 Å². The van der Waals surface area contributed by atoms with E-state index in [9.17, 15) is 10.1 Å². The minimum Gasteiger partial charge on any atom is -0.378 e. The van der Waals surface area contributed by atoms with Gasteiger partial charge in [0.2, 0.25) is 5.95 Å². The number of nitrogens with zero attached hydrogens (tertiary/aromatic N) is 5. The van der Waals surface area contributed by atoms with Crippen molar-refractivity contribution in [3.63, 3.8) is 0 Å². The smallest absolute Gasteiger partial charge is 0.269 e. The monoisotopic (exact) mass is 384 g/mol. The van der Waals surface area contributed by atoms with Crippen molar-refractivity contribution in [3.8, 4) is 0 Å². The van der Waals surface area contributed by atoms with Gasteiger partial charge < -0.3 is 15.0 Å². The third kappa shape index (κ3) is 4.55. The molecule has 3 heterocycles. The summed E-state index contributed by atoms with van der Waals surface area (Å²) in [7, 11) is 0. The third-order valence-corrected chi connectivity index (χ3v) is 5.11. The lowest BCUT2D eigenvalue weighted by Crippen LogP contribution is -2.37. The second-order valence-electron chi connectivity index (χ2n) is 7.13. The minimum atomic E-state index is -0.369. The lowest BCUT2D eigenvalue weighted by atomic mass is 10.2. The fraction of sp³-hybridized carbons (Fsp3) is 0.474. The molecule has 0 aliphatic carbocycles. The Balaban J connectivity index is 1.31. The van der Waals surface area contributed by atoms with E-state index in [2.05, 4.69) is 25.1 Å². The van der Waals surface area contributed by atoms with E-state index in [1.807, 2.05) is 18.2 Å². The molecular formula is C19H24N6O3. The number of nitro benzene ring substituents is 1. The van der Waals surface area contributed by atoms with Crippen molar-refractivity contribution < 1.29 is 9.66 Å². The van der Waals surface area contributed by atoms with Crippen molar-refractivity contribution in [3.05, 3.63) is 52.2 Å². The predicted octanol–water partition coefficient (Wildman–Crippen LogP) is 1.91. The van der Waals surface area contributed by atoms with Crippen molar-refractivity contribution in [1.82, 2.24) is 14.9 Å². The number of morpholine rings is 1. The van der Waals surface area contributed by atoms with Gasteiger partial charge in [0.25, 0.3) is 5.69 Å². The number of anilines is 2. The fourth-order valence-corrected chi connectivity index (χ4v) is 3.63. The number of nitro groups is 1. The van der Waals surface area contributed by atoms with Crippen molar-refractivity contribution in [1.29, 1.82) is 0 Å². The molecule has 1 atom stereocenters. The van der Waals surface area contributed by atoms with Gasteiger partial charge in [-0.15, -0.1) is 0 Å². The molecule has 0 radical (unpaired) electrons. The highest BCUT2D eigenvalue weighted by molar-refractivity contribution is 5.42. The molecule has 1 N–H and O–H groups in total. The molecule has 9 nitrogen and oxygen atoms in total. The fourth-order valence-electron chi connectivity index (χ4n) is 3.63. The van der Waals surface area contributed by atoms with Gasteiger partial charge in [0.15, 0.2) is 0 Å². The number of benzene rings is 1. The molecule has 148 valence electrons. The van der Waals surface area contributed by atoms with Crippen LogP contribution < -0.4 is 10.2 Å². The molecule has 2 aromatic rings. The molecular weight excluding hydrogens is 360 g/mol. The highest BCUT2D eigenvalue weighted by Crippen LogP contribution is 2.20. The van der Waals surface area contributed by atoms with E-state index in [1.165, 1.54) is 0 Å². The Bertz CT molecular complexity index is 810. The molecule has 2 saturated heterocycles. The van der Waals surface area contributed by atoms with Gasteiger partial charge in [0, 0.05) is 57.1 Å². The Labute approximate surface area is 163 Å². The Hall–Kier alpha value is -2.78. The molecule has 1 unspecified atom stereocenters. The zero-order chi connectivity index (χ0) is 19.3. The summed E-state index contributed by atoms with van der Waals surface area (Å²) in [5.41, 5.74) is 1.22. The quantitative estimate of drug-likeness (QED) is 0.596. The van der Waals surface area contributed by atoms with E-state index in [4.69, 9.17) is 4.74 Å². The number of rotatable bonds is 6. The maximum atomic E-state index is 10.8. The molecule has 2 fully saturated rings. The van der Waals surface area contributed by atoms with E-state index >= 15 is 0 Å². The molecule has 1 aromatic carbocycles. The molecule has 9 heteroatoms. The van der Waals surface area contributed by atoms with Crippen LogP contribution in [0, 0.1) is 10.1 Å². The topological polar surface area (TPSA) is 96.7 Å². The normalized spacial score (nSPS) is 20.3. The summed E-state index contributed by atoms with van der Waals surface area (Å²) in [6.45, 7) is 5.73. The number of ether oxygens (including phenoxy) is 1. The van der Waals surface area contributed by atoms with Crippen LogP contribution in [0.1, 0.15) is 12.0 Å². The summed E-state index contributed by atoms with van der Waals surface area (Å²) < 4.78 is 5.39. The van der Waals surface area contributed by atoms with E-state index in [0.717, 1.165) is 56.5 Å². The van der Waals surface area contributed by atoms with Crippen LogP contribution in [0.15, 0.2) is 36.5 Å². The summed E-state index contributed by atoms with van der Waals surface area (Å²) in [5, 5.41) is 14.3. The van der Waals surface area contributed by atoms with Crippen LogP contribution >= 0.6 is 0 Å². The van der Waals surface area contributed by atoms with E-state index < -0.39 is 0 Å². The largest absolute Gasteiger partial charge is 0.378 e. The average Bonchev–Trinajstić information content (AvgIpc) is 3.16. The van der Waals surface area contributed by atoms with Gasteiger partial charge in [0.1, 0.15) is 5.82 Å². The van der Waals surface area contributed by atoms with Gasteiger partial charge in [-0.1, -0.05) is 12.1 Å². The summed E-state index contributed by atoms with van der Waals surface area (Å²) in [5.74, 6) is 1.59. The summed E-state index contributed by atoms with van der Waals surface area (Å²) in [6, 6.07) is 9.02. The average molecular weight is 384 g/mol. The van der Waals surface area contributed by atoms with Crippen LogP contribution in [0.2, 0.25) is 0 Å². The first-order valence-electron chi connectivity index (χ1n) is 9.55. The Kier molecular flexibility index (Phi) is 5.63. The summed E-state index contributed by atoms with van der Waals surface area (Å²) in [4.78, 5) is 23.9.